The number of para-hydroxylation sites is 2. The van der Waals surface area contributed by atoms with Crippen molar-refractivity contribution >= 4 is 72.5 Å². The number of rotatable bonds is 8. The minimum atomic E-state index is -1.28. The van der Waals surface area contributed by atoms with Gasteiger partial charge in [0.05, 0.1) is 19.2 Å². The number of nitrogens with zero attached hydrogens (tertiary/aromatic N) is 2. The van der Waals surface area contributed by atoms with Gasteiger partial charge in [0.25, 0.3) is 0 Å². The monoisotopic (exact) mass is 788 g/mol. The van der Waals surface area contributed by atoms with Crippen molar-refractivity contribution in [3.05, 3.63) is 167 Å². The molecule has 56 heavy (non-hydrogen) atoms. The molecule has 3 heterocycles. The maximum atomic E-state index is 16.3. The molecule has 0 spiro atoms. The lowest BCUT2D eigenvalue weighted by Gasteiger charge is -2.25. The molecule has 272 valence electrons. The Morgan fingerprint density at radius 2 is 1.20 bits per heavy atom. The van der Waals surface area contributed by atoms with E-state index < -0.39 is 23.0 Å². The van der Waals surface area contributed by atoms with E-state index in [1.807, 2.05) is 78.9 Å². The van der Waals surface area contributed by atoms with Gasteiger partial charge in [-0.15, -0.1) is 34.0 Å². The Bertz CT molecular complexity index is 2860. The summed E-state index contributed by atoms with van der Waals surface area (Å²) in [6.45, 7) is 4.14. The summed E-state index contributed by atoms with van der Waals surface area (Å²) in [4.78, 5) is 16.2. The Balaban J connectivity index is 0.997. The molecule has 1 aliphatic rings. The van der Waals surface area contributed by atoms with Gasteiger partial charge >= 0.3 is 5.97 Å². The second-order valence-electron chi connectivity index (χ2n) is 14.0. The number of nitriles is 1. The van der Waals surface area contributed by atoms with Crippen LogP contribution < -0.4 is 4.90 Å². The highest BCUT2D eigenvalue weighted by molar-refractivity contribution is 7.32. The first-order valence-corrected chi connectivity index (χ1v) is 20.2. The Kier molecular flexibility index (Phi) is 8.78. The Hall–Kier alpha value is -6.18. The molecule has 0 bridgehead atoms. The van der Waals surface area contributed by atoms with E-state index >= 15 is 8.78 Å². The zero-order valence-electron chi connectivity index (χ0n) is 30.0. The molecule has 8 aromatic rings. The number of carbonyl (C=O) groups is 1. The lowest BCUT2D eigenvalue weighted by Crippen LogP contribution is -2.15. The standard InChI is InChI=1S/C47H30F2N2O2S3/c1-47(2)36-24-27(23-30(26-50)46(52)53)13-19-34(36)35-20-16-29(25-37(35)47)42-40(48)44-45(55-42)41(49)43(56-44)39-22-21-38(54-39)28-14-17-33(18-15-28)51(31-9-5-3-6-10-31)32-11-7-4-8-12-32/h3-25H,1-2H3,(H,52,53). The third-order valence-corrected chi connectivity index (χ3v) is 14.1. The van der Waals surface area contributed by atoms with Crippen LogP contribution in [0, 0.1) is 23.0 Å². The summed E-state index contributed by atoms with van der Waals surface area (Å²) < 4.78 is 33.1. The number of fused-ring (bicyclic) bond motifs is 4. The number of carboxylic acids is 1. The number of benzene rings is 5. The molecule has 0 radical (unpaired) electrons. The molecular weight excluding hydrogens is 759 g/mol. The summed E-state index contributed by atoms with van der Waals surface area (Å²) >= 11 is 3.77. The van der Waals surface area contributed by atoms with Crippen molar-refractivity contribution in [2.45, 2.75) is 19.3 Å². The van der Waals surface area contributed by atoms with Crippen LogP contribution in [-0.4, -0.2) is 11.1 Å². The van der Waals surface area contributed by atoms with E-state index in [4.69, 9.17) is 0 Å². The van der Waals surface area contributed by atoms with Crippen LogP contribution in [0.4, 0.5) is 25.8 Å². The molecule has 0 aliphatic heterocycles. The number of halogens is 2. The molecule has 5 aromatic carbocycles. The highest BCUT2D eigenvalue weighted by Gasteiger charge is 2.36. The summed E-state index contributed by atoms with van der Waals surface area (Å²) in [6, 6.07) is 45.9. The lowest BCUT2D eigenvalue weighted by atomic mass is 9.81. The SMILES string of the molecule is CC1(C)c2cc(C=C(C#N)C(=O)O)ccc2-c2ccc(-c3sc4c(F)c(-c5ccc(-c6ccc(N(c7ccccc7)c7ccccc7)cc6)s5)sc4c3F)cc21. The number of anilines is 3. The normalized spacial score (nSPS) is 13.0. The summed E-state index contributed by atoms with van der Waals surface area (Å²) in [7, 11) is 0. The predicted molar refractivity (Wildman–Crippen MR) is 227 cm³/mol. The second kappa shape index (κ2) is 13.8. The van der Waals surface area contributed by atoms with Crippen LogP contribution in [0.25, 0.3) is 57.2 Å². The van der Waals surface area contributed by atoms with Crippen molar-refractivity contribution in [1.29, 1.82) is 5.26 Å². The van der Waals surface area contributed by atoms with Gasteiger partial charge in [-0.05, 0) is 99.6 Å². The van der Waals surface area contributed by atoms with Gasteiger partial charge in [0.1, 0.15) is 11.6 Å². The van der Waals surface area contributed by atoms with Gasteiger partial charge in [-0.2, -0.15) is 5.26 Å². The van der Waals surface area contributed by atoms with E-state index in [-0.39, 0.29) is 5.57 Å². The topological polar surface area (TPSA) is 64.3 Å². The van der Waals surface area contributed by atoms with Crippen LogP contribution in [0.5, 0.6) is 0 Å². The van der Waals surface area contributed by atoms with Crippen LogP contribution in [0.3, 0.4) is 0 Å². The average Bonchev–Trinajstić information content (AvgIpc) is 3.97. The van der Waals surface area contributed by atoms with Gasteiger partial charge in [0.15, 0.2) is 11.6 Å². The van der Waals surface area contributed by atoms with Crippen LogP contribution in [0.1, 0.15) is 30.5 Å². The molecular formula is C47H30F2N2O2S3. The van der Waals surface area contributed by atoms with Crippen LogP contribution in [0.2, 0.25) is 0 Å². The Morgan fingerprint density at radius 3 is 1.82 bits per heavy atom. The second-order valence-corrected chi connectivity index (χ2v) is 17.2. The van der Waals surface area contributed by atoms with E-state index in [2.05, 4.69) is 67.3 Å². The van der Waals surface area contributed by atoms with Crippen LogP contribution >= 0.6 is 34.0 Å². The van der Waals surface area contributed by atoms with Gasteiger partial charge in [-0.3, -0.25) is 0 Å². The number of carboxylic acid groups (broad SMARTS) is 1. The summed E-state index contributed by atoms with van der Waals surface area (Å²) in [5, 5.41) is 18.6. The molecule has 0 saturated heterocycles. The Morgan fingerprint density at radius 1 is 0.661 bits per heavy atom. The molecule has 9 rings (SSSR count). The fourth-order valence-corrected chi connectivity index (χ4v) is 11.0. The summed E-state index contributed by atoms with van der Waals surface area (Å²) in [6.07, 6.45) is 1.37. The first-order valence-electron chi connectivity index (χ1n) is 17.8. The molecule has 0 unspecified atom stereocenters. The van der Waals surface area contributed by atoms with Gasteiger partial charge in [-0.25, -0.2) is 13.6 Å². The summed E-state index contributed by atoms with van der Waals surface area (Å²) in [5.74, 6) is -2.11. The first-order chi connectivity index (χ1) is 27.1. The van der Waals surface area contributed by atoms with Crippen molar-refractivity contribution in [2.24, 2.45) is 0 Å². The van der Waals surface area contributed by atoms with Crippen molar-refractivity contribution in [1.82, 2.24) is 0 Å². The smallest absolute Gasteiger partial charge is 0.346 e. The maximum absolute atomic E-state index is 16.3. The minimum absolute atomic E-state index is 0.310. The maximum Gasteiger partial charge on any atom is 0.346 e. The minimum Gasteiger partial charge on any atom is -0.477 e. The van der Waals surface area contributed by atoms with Crippen LogP contribution in [0.15, 0.2) is 139 Å². The number of hydrogen-bond donors (Lipinski definition) is 1. The summed E-state index contributed by atoms with van der Waals surface area (Å²) in [5.41, 5.74) is 8.58. The number of thiophene rings is 3. The molecule has 1 aliphatic carbocycles. The van der Waals surface area contributed by atoms with Gasteiger partial charge in [0, 0.05) is 32.2 Å². The quantitative estimate of drug-likeness (QED) is 0.123. The number of hydrogen-bond acceptors (Lipinski definition) is 6. The first kappa shape index (κ1) is 35.5. The third kappa shape index (κ3) is 5.94. The van der Waals surface area contributed by atoms with E-state index in [0.29, 0.717) is 30.3 Å². The Labute approximate surface area is 334 Å². The van der Waals surface area contributed by atoms with Crippen molar-refractivity contribution in [3.63, 3.8) is 0 Å². The van der Waals surface area contributed by atoms with Gasteiger partial charge in [-0.1, -0.05) is 92.7 Å². The predicted octanol–water partition coefficient (Wildman–Crippen LogP) is 14.1. The number of aliphatic carboxylic acids is 1. The van der Waals surface area contributed by atoms with Crippen molar-refractivity contribution in [3.8, 4) is 47.8 Å². The van der Waals surface area contributed by atoms with Gasteiger partial charge in [0.2, 0.25) is 0 Å². The van der Waals surface area contributed by atoms with E-state index in [0.717, 1.165) is 77.3 Å². The van der Waals surface area contributed by atoms with Gasteiger partial charge < -0.3 is 10.0 Å². The molecule has 3 aromatic heterocycles. The fourth-order valence-electron chi connectivity index (χ4n) is 7.51. The van der Waals surface area contributed by atoms with E-state index in [1.54, 1.807) is 12.1 Å². The molecule has 0 atom stereocenters. The largest absolute Gasteiger partial charge is 0.477 e. The average molecular weight is 789 g/mol. The van der Waals surface area contributed by atoms with E-state index in [9.17, 15) is 15.2 Å². The van der Waals surface area contributed by atoms with E-state index in [1.165, 1.54) is 17.4 Å². The lowest BCUT2D eigenvalue weighted by molar-refractivity contribution is -0.132. The molecule has 1 N–H and O–H groups in total. The van der Waals surface area contributed by atoms with Crippen molar-refractivity contribution < 1.29 is 18.7 Å². The molecule has 0 amide bonds. The highest BCUT2D eigenvalue weighted by Crippen LogP contribution is 2.53. The zero-order valence-corrected chi connectivity index (χ0v) is 32.5. The van der Waals surface area contributed by atoms with Crippen molar-refractivity contribution in [2.75, 3.05) is 4.90 Å². The molecule has 0 fully saturated rings. The molecule has 0 saturated carbocycles. The van der Waals surface area contributed by atoms with Crippen LogP contribution in [-0.2, 0) is 10.2 Å². The zero-order chi connectivity index (χ0) is 38.7. The molecule has 9 heteroatoms. The third-order valence-electron chi connectivity index (χ3n) is 10.3. The highest BCUT2D eigenvalue weighted by atomic mass is 32.1. The fraction of sp³-hybridized carbons (Fsp3) is 0.0638. The molecule has 4 nitrogen and oxygen atoms in total.